The zero-order chi connectivity index (χ0) is 21.5. The number of rotatable bonds is 2. The molecule has 7 heteroatoms. The lowest BCUT2D eigenvalue weighted by Gasteiger charge is -2.04. The molecule has 0 fully saturated rings. The standard InChI is InChI=1S/C24H13FN2O3S/c1-2-11-27-19-9-8-15(25)12-21(19)31-24(27)26-22(28)18-13-17-16-6-4-3-5-14(16)7-10-20(17)30-23(18)29/h1,3-10,12-13H,11H2. The Hall–Kier alpha value is -4.02. The highest BCUT2D eigenvalue weighted by molar-refractivity contribution is 7.16. The zero-order valence-corrected chi connectivity index (χ0v) is 16.8. The van der Waals surface area contributed by atoms with Crippen molar-refractivity contribution < 1.29 is 13.6 Å². The van der Waals surface area contributed by atoms with Crippen LogP contribution in [0.15, 0.2) is 74.9 Å². The first-order valence-electron chi connectivity index (χ1n) is 9.32. The van der Waals surface area contributed by atoms with Crippen molar-refractivity contribution in [1.29, 1.82) is 0 Å². The molecule has 5 aromatic rings. The highest BCUT2D eigenvalue weighted by Crippen LogP contribution is 2.25. The zero-order valence-electron chi connectivity index (χ0n) is 16.0. The fourth-order valence-corrected chi connectivity index (χ4v) is 4.60. The molecule has 0 spiro atoms. The van der Waals surface area contributed by atoms with Gasteiger partial charge in [0, 0.05) is 5.39 Å². The summed E-state index contributed by atoms with van der Waals surface area (Å²) in [5, 5.41) is 2.46. The largest absolute Gasteiger partial charge is 0.422 e. The van der Waals surface area contributed by atoms with Crippen LogP contribution in [0.3, 0.4) is 0 Å². The van der Waals surface area contributed by atoms with Gasteiger partial charge >= 0.3 is 5.63 Å². The van der Waals surface area contributed by atoms with Crippen molar-refractivity contribution in [3.05, 3.63) is 87.3 Å². The van der Waals surface area contributed by atoms with E-state index in [2.05, 4.69) is 10.9 Å². The van der Waals surface area contributed by atoms with Crippen LogP contribution in [0.2, 0.25) is 0 Å². The van der Waals surface area contributed by atoms with Crippen LogP contribution in [0.5, 0.6) is 0 Å². The van der Waals surface area contributed by atoms with Gasteiger partial charge in [0.15, 0.2) is 4.80 Å². The van der Waals surface area contributed by atoms with Gasteiger partial charge in [-0.05, 0) is 41.1 Å². The summed E-state index contributed by atoms with van der Waals surface area (Å²) in [7, 11) is 0. The van der Waals surface area contributed by atoms with Gasteiger partial charge in [0.05, 0.1) is 16.8 Å². The SMILES string of the molecule is C#CCn1c(=NC(=O)c2cc3c(ccc4ccccc43)oc2=O)sc2cc(F)ccc21. The van der Waals surface area contributed by atoms with Crippen LogP contribution in [0.25, 0.3) is 32.0 Å². The lowest BCUT2D eigenvalue weighted by molar-refractivity contribution is 0.0994. The van der Waals surface area contributed by atoms with Gasteiger partial charge in [0.25, 0.3) is 5.91 Å². The monoisotopic (exact) mass is 428 g/mol. The van der Waals surface area contributed by atoms with Crippen molar-refractivity contribution in [3.8, 4) is 12.3 Å². The van der Waals surface area contributed by atoms with E-state index >= 15 is 0 Å². The number of hydrogen-bond donors (Lipinski definition) is 0. The Morgan fingerprint density at radius 1 is 1.13 bits per heavy atom. The first-order chi connectivity index (χ1) is 15.0. The van der Waals surface area contributed by atoms with E-state index in [0.717, 1.165) is 22.1 Å². The highest BCUT2D eigenvalue weighted by atomic mass is 32.1. The summed E-state index contributed by atoms with van der Waals surface area (Å²) in [6.07, 6.45) is 5.46. The number of hydrogen-bond acceptors (Lipinski definition) is 4. The van der Waals surface area contributed by atoms with Gasteiger partial charge in [0.1, 0.15) is 17.0 Å². The molecular formula is C24H13FN2O3S. The predicted octanol–water partition coefficient (Wildman–Crippen LogP) is 4.48. The van der Waals surface area contributed by atoms with Crippen molar-refractivity contribution in [3.63, 3.8) is 0 Å². The Labute approximate surface area is 178 Å². The van der Waals surface area contributed by atoms with E-state index in [1.807, 2.05) is 30.3 Å². The smallest absolute Gasteiger partial charge is 0.349 e. The molecule has 0 radical (unpaired) electrons. The Bertz CT molecular complexity index is 1690. The quantitative estimate of drug-likeness (QED) is 0.237. The molecule has 0 aliphatic rings. The van der Waals surface area contributed by atoms with Gasteiger partial charge in [-0.1, -0.05) is 47.6 Å². The summed E-state index contributed by atoms with van der Waals surface area (Å²) in [6, 6.07) is 16.9. The molecule has 0 aliphatic heterocycles. The molecular weight excluding hydrogens is 415 g/mol. The minimum absolute atomic E-state index is 0.148. The first kappa shape index (κ1) is 19.0. The molecule has 1 amide bonds. The molecule has 2 heterocycles. The maximum Gasteiger partial charge on any atom is 0.349 e. The van der Waals surface area contributed by atoms with E-state index in [1.165, 1.54) is 18.2 Å². The maximum absolute atomic E-state index is 13.6. The summed E-state index contributed by atoms with van der Waals surface area (Å²) in [6.45, 7) is 0.148. The molecule has 0 saturated carbocycles. The molecule has 31 heavy (non-hydrogen) atoms. The summed E-state index contributed by atoms with van der Waals surface area (Å²) >= 11 is 1.12. The van der Waals surface area contributed by atoms with E-state index in [9.17, 15) is 14.0 Å². The number of nitrogens with zero attached hydrogens (tertiary/aromatic N) is 2. The molecule has 2 aromatic heterocycles. The summed E-state index contributed by atoms with van der Waals surface area (Å²) in [5.74, 6) is 1.36. The number of fused-ring (bicyclic) bond motifs is 4. The van der Waals surface area contributed by atoms with E-state index in [0.29, 0.717) is 21.2 Å². The van der Waals surface area contributed by atoms with Crippen molar-refractivity contribution in [1.82, 2.24) is 4.57 Å². The number of benzene rings is 3. The minimum Gasteiger partial charge on any atom is -0.422 e. The van der Waals surface area contributed by atoms with Crippen LogP contribution < -0.4 is 10.4 Å². The fourth-order valence-electron chi connectivity index (χ4n) is 3.54. The van der Waals surface area contributed by atoms with Crippen LogP contribution in [0.4, 0.5) is 4.39 Å². The average molecular weight is 428 g/mol. The van der Waals surface area contributed by atoms with Crippen LogP contribution >= 0.6 is 11.3 Å². The molecule has 5 nitrogen and oxygen atoms in total. The molecule has 5 rings (SSSR count). The van der Waals surface area contributed by atoms with Gasteiger partial charge < -0.3 is 8.98 Å². The number of amides is 1. The molecule has 0 bridgehead atoms. The maximum atomic E-state index is 13.6. The Balaban J connectivity index is 1.72. The Kier molecular flexibility index (Phi) is 4.50. The van der Waals surface area contributed by atoms with Crippen LogP contribution in [0.1, 0.15) is 10.4 Å². The second-order valence-electron chi connectivity index (χ2n) is 6.85. The number of aromatic nitrogens is 1. The molecule has 0 saturated heterocycles. The van der Waals surface area contributed by atoms with Crippen molar-refractivity contribution >= 4 is 49.2 Å². The van der Waals surface area contributed by atoms with Gasteiger partial charge in [-0.15, -0.1) is 6.42 Å². The van der Waals surface area contributed by atoms with Crippen molar-refractivity contribution in [2.75, 3.05) is 0 Å². The van der Waals surface area contributed by atoms with E-state index < -0.39 is 17.3 Å². The minimum atomic E-state index is -0.771. The topological polar surface area (TPSA) is 64.6 Å². The average Bonchev–Trinajstić information content (AvgIpc) is 3.09. The van der Waals surface area contributed by atoms with E-state index in [4.69, 9.17) is 10.8 Å². The van der Waals surface area contributed by atoms with Crippen LogP contribution in [0, 0.1) is 18.2 Å². The Morgan fingerprint density at radius 3 is 2.81 bits per heavy atom. The number of thiazole rings is 1. The van der Waals surface area contributed by atoms with Gasteiger partial charge in [-0.25, -0.2) is 9.18 Å². The number of carbonyl (C=O) groups is 1. The predicted molar refractivity (Wildman–Crippen MR) is 118 cm³/mol. The summed E-state index contributed by atoms with van der Waals surface area (Å²) in [4.78, 5) is 29.9. The summed E-state index contributed by atoms with van der Waals surface area (Å²) < 4.78 is 21.2. The highest BCUT2D eigenvalue weighted by Gasteiger charge is 2.16. The van der Waals surface area contributed by atoms with Crippen LogP contribution in [-0.4, -0.2) is 10.5 Å². The van der Waals surface area contributed by atoms with Gasteiger partial charge in [0.2, 0.25) is 0 Å². The van der Waals surface area contributed by atoms with Crippen LogP contribution in [-0.2, 0) is 6.54 Å². The third-order valence-electron chi connectivity index (χ3n) is 4.96. The second kappa shape index (κ2) is 7.35. The normalized spacial score (nSPS) is 11.9. The summed E-state index contributed by atoms with van der Waals surface area (Å²) in [5.41, 5.74) is 0.0966. The molecule has 0 atom stereocenters. The third kappa shape index (κ3) is 3.23. The number of terminal acetylenes is 1. The van der Waals surface area contributed by atoms with Crippen molar-refractivity contribution in [2.24, 2.45) is 4.99 Å². The van der Waals surface area contributed by atoms with E-state index in [1.54, 1.807) is 16.7 Å². The second-order valence-corrected chi connectivity index (χ2v) is 7.86. The van der Waals surface area contributed by atoms with Gasteiger partial charge in [-0.2, -0.15) is 4.99 Å². The van der Waals surface area contributed by atoms with E-state index in [-0.39, 0.29) is 16.9 Å². The van der Waals surface area contributed by atoms with Gasteiger partial charge in [-0.3, -0.25) is 4.79 Å². The lowest BCUT2D eigenvalue weighted by Crippen LogP contribution is -2.19. The lowest BCUT2D eigenvalue weighted by atomic mass is 10.0. The Morgan fingerprint density at radius 2 is 1.97 bits per heavy atom. The number of halogens is 1. The van der Waals surface area contributed by atoms with Crippen molar-refractivity contribution in [2.45, 2.75) is 6.54 Å². The number of carbonyl (C=O) groups excluding carboxylic acids is 1. The molecule has 0 unspecified atom stereocenters. The molecule has 0 N–H and O–H groups in total. The third-order valence-corrected chi connectivity index (χ3v) is 6.00. The first-order valence-corrected chi connectivity index (χ1v) is 10.1. The fraction of sp³-hybridized carbons (Fsp3) is 0.0417. The molecule has 0 aliphatic carbocycles. The molecule has 3 aromatic carbocycles. The molecule has 150 valence electrons.